The molecule has 62 valence electrons. The molecular weight excluding hydrogens is 150 g/mol. The van der Waals surface area contributed by atoms with E-state index in [4.69, 9.17) is 5.26 Å². The van der Waals surface area contributed by atoms with Gasteiger partial charge < -0.3 is 0 Å². The van der Waals surface area contributed by atoms with Crippen LogP contribution >= 0.6 is 0 Å². The minimum atomic E-state index is 0.545. The molecule has 0 radical (unpaired) electrons. The van der Waals surface area contributed by atoms with E-state index in [-0.39, 0.29) is 0 Å². The summed E-state index contributed by atoms with van der Waals surface area (Å²) in [5.74, 6) is 0.545. The molecule has 0 saturated heterocycles. The molecule has 1 aliphatic rings. The lowest BCUT2D eigenvalue weighted by Crippen LogP contribution is -2.06. The van der Waals surface area contributed by atoms with Gasteiger partial charge in [-0.1, -0.05) is 6.92 Å². The number of H-pyrrole nitrogens is 1. The van der Waals surface area contributed by atoms with Gasteiger partial charge >= 0.3 is 0 Å². The Hall–Kier alpha value is -1.30. The predicted octanol–water partition coefficient (Wildman–Crippen LogP) is 1.72. The van der Waals surface area contributed by atoms with Crippen molar-refractivity contribution in [1.29, 1.82) is 5.26 Å². The molecule has 1 heterocycles. The number of fused-ring (bicyclic) bond motifs is 1. The second-order valence-electron chi connectivity index (χ2n) is 3.37. The Morgan fingerprint density at radius 2 is 2.50 bits per heavy atom. The van der Waals surface area contributed by atoms with Crippen molar-refractivity contribution in [3.8, 4) is 6.07 Å². The first kappa shape index (κ1) is 7.35. The predicted molar refractivity (Wildman–Crippen MR) is 44.7 cm³/mol. The van der Waals surface area contributed by atoms with E-state index in [1.54, 1.807) is 0 Å². The van der Waals surface area contributed by atoms with Gasteiger partial charge in [-0.15, -0.1) is 0 Å². The average Bonchev–Trinajstić information content (AvgIpc) is 2.49. The van der Waals surface area contributed by atoms with E-state index in [9.17, 15) is 0 Å². The van der Waals surface area contributed by atoms with Crippen molar-refractivity contribution in [2.75, 3.05) is 0 Å². The number of rotatable bonds is 0. The number of nitrogens with one attached hydrogen (secondary N) is 1. The van der Waals surface area contributed by atoms with E-state index >= 15 is 0 Å². The summed E-state index contributed by atoms with van der Waals surface area (Å²) in [5.41, 5.74) is 2.92. The van der Waals surface area contributed by atoms with Crippen LogP contribution < -0.4 is 0 Å². The molecule has 0 saturated carbocycles. The Balaban J connectivity index is 2.49. The SMILES string of the molecule is CC1CCCc2c(C#N)n[nH]c21. The number of aromatic amines is 1. The fourth-order valence-electron chi connectivity index (χ4n) is 1.86. The molecule has 0 aliphatic heterocycles. The number of nitriles is 1. The van der Waals surface area contributed by atoms with Gasteiger partial charge in [-0.05, 0) is 25.2 Å². The van der Waals surface area contributed by atoms with Crippen LogP contribution in [0.2, 0.25) is 0 Å². The summed E-state index contributed by atoms with van der Waals surface area (Å²) in [6.45, 7) is 2.18. The van der Waals surface area contributed by atoms with Gasteiger partial charge in [0.25, 0.3) is 0 Å². The number of hydrogen-bond donors (Lipinski definition) is 1. The highest BCUT2D eigenvalue weighted by Crippen LogP contribution is 2.30. The van der Waals surface area contributed by atoms with Crippen molar-refractivity contribution < 1.29 is 0 Å². The zero-order chi connectivity index (χ0) is 8.55. The minimum absolute atomic E-state index is 0.545. The lowest BCUT2D eigenvalue weighted by Gasteiger charge is -2.16. The zero-order valence-corrected chi connectivity index (χ0v) is 7.09. The van der Waals surface area contributed by atoms with Crippen LogP contribution in [0.3, 0.4) is 0 Å². The molecule has 0 fully saturated rings. The van der Waals surface area contributed by atoms with Crippen molar-refractivity contribution in [3.05, 3.63) is 17.0 Å². The number of hydrogen-bond acceptors (Lipinski definition) is 2. The minimum Gasteiger partial charge on any atom is -0.281 e. The van der Waals surface area contributed by atoms with E-state index in [1.807, 2.05) is 0 Å². The van der Waals surface area contributed by atoms with Crippen LogP contribution in [-0.2, 0) is 6.42 Å². The number of nitrogens with zero attached hydrogens (tertiary/aromatic N) is 2. The van der Waals surface area contributed by atoms with Crippen molar-refractivity contribution in [2.45, 2.75) is 32.1 Å². The molecule has 0 spiro atoms. The summed E-state index contributed by atoms with van der Waals surface area (Å²) < 4.78 is 0. The standard InChI is InChI=1S/C9H11N3/c1-6-3-2-4-7-8(5-10)11-12-9(6)7/h6H,2-4H2,1H3,(H,11,12). The Morgan fingerprint density at radius 1 is 1.67 bits per heavy atom. The zero-order valence-electron chi connectivity index (χ0n) is 7.09. The van der Waals surface area contributed by atoms with Crippen LogP contribution in [0.5, 0.6) is 0 Å². The topological polar surface area (TPSA) is 52.5 Å². The Labute approximate surface area is 71.4 Å². The fraction of sp³-hybridized carbons (Fsp3) is 0.556. The molecule has 1 aromatic heterocycles. The highest BCUT2D eigenvalue weighted by Gasteiger charge is 2.21. The van der Waals surface area contributed by atoms with Crippen molar-refractivity contribution in [2.24, 2.45) is 0 Å². The van der Waals surface area contributed by atoms with Gasteiger partial charge in [0, 0.05) is 11.3 Å². The third-order valence-electron chi connectivity index (χ3n) is 2.56. The Bertz CT molecular complexity index is 332. The maximum Gasteiger partial charge on any atom is 0.165 e. The van der Waals surface area contributed by atoms with E-state index in [2.05, 4.69) is 23.2 Å². The van der Waals surface area contributed by atoms with E-state index in [0.29, 0.717) is 11.6 Å². The lowest BCUT2D eigenvalue weighted by molar-refractivity contribution is 0.578. The molecule has 1 aromatic rings. The smallest absolute Gasteiger partial charge is 0.165 e. The van der Waals surface area contributed by atoms with Crippen LogP contribution in [0.25, 0.3) is 0 Å². The summed E-state index contributed by atoms with van der Waals surface area (Å²) >= 11 is 0. The quantitative estimate of drug-likeness (QED) is 0.629. The summed E-state index contributed by atoms with van der Waals surface area (Å²) in [7, 11) is 0. The second-order valence-corrected chi connectivity index (χ2v) is 3.37. The fourth-order valence-corrected chi connectivity index (χ4v) is 1.86. The third-order valence-corrected chi connectivity index (χ3v) is 2.56. The normalized spacial score (nSPS) is 21.5. The molecule has 3 heteroatoms. The third kappa shape index (κ3) is 0.918. The van der Waals surface area contributed by atoms with E-state index in [0.717, 1.165) is 12.0 Å². The van der Waals surface area contributed by atoms with Gasteiger partial charge in [-0.2, -0.15) is 10.4 Å². The van der Waals surface area contributed by atoms with Crippen molar-refractivity contribution >= 4 is 0 Å². The van der Waals surface area contributed by atoms with Gasteiger partial charge in [0.05, 0.1) is 0 Å². The molecule has 3 nitrogen and oxygen atoms in total. The largest absolute Gasteiger partial charge is 0.281 e. The van der Waals surface area contributed by atoms with Crippen LogP contribution in [0.15, 0.2) is 0 Å². The highest BCUT2D eigenvalue weighted by atomic mass is 15.1. The molecule has 1 atom stereocenters. The summed E-state index contributed by atoms with van der Waals surface area (Å²) in [5, 5.41) is 15.7. The molecule has 0 bridgehead atoms. The van der Waals surface area contributed by atoms with Crippen LogP contribution in [0.4, 0.5) is 0 Å². The molecule has 12 heavy (non-hydrogen) atoms. The molecule has 1 unspecified atom stereocenters. The van der Waals surface area contributed by atoms with E-state index < -0.39 is 0 Å². The van der Waals surface area contributed by atoms with Crippen molar-refractivity contribution in [3.63, 3.8) is 0 Å². The molecule has 1 aliphatic carbocycles. The average molecular weight is 161 g/mol. The first-order valence-electron chi connectivity index (χ1n) is 4.30. The van der Waals surface area contributed by atoms with Gasteiger partial charge in [-0.3, -0.25) is 5.10 Å². The summed E-state index contributed by atoms with van der Waals surface area (Å²) in [6, 6.07) is 2.11. The molecule has 0 amide bonds. The maximum atomic E-state index is 8.74. The monoisotopic (exact) mass is 161 g/mol. The van der Waals surface area contributed by atoms with Crippen molar-refractivity contribution in [1.82, 2.24) is 10.2 Å². The summed E-state index contributed by atoms with van der Waals surface area (Å²) in [4.78, 5) is 0. The van der Waals surface area contributed by atoms with Crippen LogP contribution in [0, 0.1) is 11.3 Å². The van der Waals surface area contributed by atoms with Gasteiger partial charge in [0.15, 0.2) is 5.69 Å². The van der Waals surface area contributed by atoms with Gasteiger partial charge in [-0.25, -0.2) is 0 Å². The first-order chi connectivity index (χ1) is 5.83. The van der Waals surface area contributed by atoms with Crippen LogP contribution in [0.1, 0.15) is 42.6 Å². The van der Waals surface area contributed by atoms with E-state index in [1.165, 1.54) is 18.5 Å². The molecule has 2 rings (SSSR count). The summed E-state index contributed by atoms with van der Waals surface area (Å²) in [6.07, 6.45) is 3.40. The molecular formula is C9H11N3. The highest BCUT2D eigenvalue weighted by molar-refractivity contribution is 5.37. The van der Waals surface area contributed by atoms with Gasteiger partial charge in [0.2, 0.25) is 0 Å². The van der Waals surface area contributed by atoms with Crippen LogP contribution in [-0.4, -0.2) is 10.2 Å². The lowest BCUT2D eigenvalue weighted by atomic mass is 9.88. The Kier molecular flexibility index (Phi) is 1.61. The maximum absolute atomic E-state index is 8.74. The first-order valence-corrected chi connectivity index (χ1v) is 4.30. The second kappa shape index (κ2) is 2.63. The van der Waals surface area contributed by atoms with Gasteiger partial charge in [0.1, 0.15) is 6.07 Å². The number of aromatic nitrogens is 2. The molecule has 1 N–H and O–H groups in total. The Morgan fingerprint density at radius 3 is 3.25 bits per heavy atom. The molecule has 0 aromatic carbocycles.